The van der Waals surface area contributed by atoms with E-state index in [-0.39, 0.29) is 24.2 Å². The molecule has 0 saturated carbocycles. The summed E-state index contributed by atoms with van der Waals surface area (Å²) in [5, 5.41) is 5.58. The van der Waals surface area contributed by atoms with Gasteiger partial charge >= 0.3 is 0 Å². The molecule has 0 aliphatic heterocycles. The van der Waals surface area contributed by atoms with Gasteiger partial charge in [0.15, 0.2) is 0 Å². The smallest absolute Gasteiger partial charge is 0.249 e. The van der Waals surface area contributed by atoms with Crippen LogP contribution < -0.4 is 15.4 Å². The zero-order chi connectivity index (χ0) is 22.6. The van der Waals surface area contributed by atoms with Crippen LogP contribution in [0.4, 0.5) is 5.69 Å². The molecule has 3 aromatic carbocycles. The van der Waals surface area contributed by atoms with E-state index in [1.807, 2.05) is 66.9 Å². The van der Waals surface area contributed by atoms with Gasteiger partial charge in [-0.25, -0.2) is 0 Å². The molecule has 2 N–H and O–H groups in total. The number of anilines is 1. The summed E-state index contributed by atoms with van der Waals surface area (Å²) in [4.78, 5) is 24.9. The number of ether oxygens (including phenoxy) is 2. The third-order valence-electron chi connectivity index (χ3n) is 4.42. The molecule has 0 bridgehead atoms. The molecule has 3 rings (SSSR count). The second kappa shape index (κ2) is 12.5. The molecular weight excluding hydrogens is 424 g/mol. The minimum atomic E-state index is -0.807. The van der Waals surface area contributed by atoms with Crippen molar-refractivity contribution >= 4 is 29.3 Å². The highest BCUT2D eigenvalue weighted by atomic mass is 32.2. The van der Waals surface area contributed by atoms with Crippen LogP contribution in [0.1, 0.15) is 5.56 Å². The van der Waals surface area contributed by atoms with Gasteiger partial charge in [0.2, 0.25) is 11.8 Å². The predicted molar refractivity (Wildman–Crippen MR) is 128 cm³/mol. The van der Waals surface area contributed by atoms with Crippen molar-refractivity contribution in [2.24, 2.45) is 0 Å². The summed E-state index contributed by atoms with van der Waals surface area (Å²) in [6, 6.07) is 25.4. The second-order valence-corrected chi connectivity index (χ2v) is 7.85. The molecule has 0 aliphatic rings. The number of nitrogens with one attached hydrogen (secondary N) is 2. The second-order valence-electron chi connectivity index (χ2n) is 6.98. The number of amides is 2. The number of hydrogen-bond acceptors (Lipinski definition) is 5. The van der Waals surface area contributed by atoms with E-state index in [0.717, 1.165) is 11.3 Å². The topological polar surface area (TPSA) is 76.7 Å². The molecule has 6 nitrogen and oxygen atoms in total. The Labute approximate surface area is 192 Å². The van der Waals surface area contributed by atoms with Gasteiger partial charge in [-0.05, 0) is 48.2 Å². The number of rotatable bonds is 11. The van der Waals surface area contributed by atoms with Crippen LogP contribution in [0.2, 0.25) is 0 Å². The Bertz CT molecular complexity index is 982. The van der Waals surface area contributed by atoms with Crippen molar-refractivity contribution in [1.29, 1.82) is 0 Å². The summed E-state index contributed by atoms with van der Waals surface area (Å²) in [5.74, 6) is 1.10. The molecule has 0 aliphatic carbocycles. The van der Waals surface area contributed by atoms with Crippen LogP contribution in [-0.4, -0.2) is 36.5 Å². The molecule has 1 atom stereocenters. The molecule has 0 saturated heterocycles. The van der Waals surface area contributed by atoms with Gasteiger partial charge in [0.05, 0.1) is 19.0 Å². The molecule has 3 aromatic rings. The maximum absolute atomic E-state index is 12.8. The monoisotopic (exact) mass is 450 g/mol. The summed E-state index contributed by atoms with van der Waals surface area (Å²) >= 11 is 1.39. The van der Waals surface area contributed by atoms with Crippen LogP contribution in [0.15, 0.2) is 84.9 Å². The SMILES string of the molecule is CSCC(=O)NC(COCc1ccccc1)C(=O)Nc1ccc(Oc2ccccc2)cc1. The van der Waals surface area contributed by atoms with E-state index in [1.165, 1.54) is 11.8 Å². The Hall–Kier alpha value is -3.29. The largest absolute Gasteiger partial charge is 0.457 e. The fraction of sp³-hybridized carbons (Fsp3) is 0.200. The van der Waals surface area contributed by atoms with Gasteiger partial charge in [-0.2, -0.15) is 11.8 Å². The Morgan fingerprint density at radius 3 is 2.16 bits per heavy atom. The lowest BCUT2D eigenvalue weighted by atomic mass is 10.2. The van der Waals surface area contributed by atoms with E-state index in [1.54, 1.807) is 24.3 Å². The average Bonchev–Trinajstić information content (AvgIpc) is 2.81. The van der Waals surface area contributed by atoms with Gasteiger partial charge in [0.25, 0.3) is 0 Å². The summed E-state index contributed by atoms with van der Waals surface area (Å²) in [6.45, 7) is 0.421. The van der Waals surface area contributed by atoms with Crippen LogP contribution in [-0.2, 0) is 20.9 Å². The first-order valence-electron chi connectivity index (χ1n) is 10.2. The van der Waals surface area contributed by atoms with Crippen molar-refractivity contribution in [2.75, 3.05) is 23.9 Å². The standard InChI is InChI=1S/C25H26N2O4S/c1-32-18-24(28)27-23(17-30-16-19-8-4-2-5-9-19)25(29)26-20-12-14-22(15-13-20)31-21-10-6-3-7-11-21/h2-15,23H,16-18H2,1H3,(H,26,29)(H,27,28). The Morgan fingerprint density at radius 1 is 0.875 bits per heavy atom. The van der Waals surface area contributed by atoms with Crippen LogP contribution in [0, 0.1) is 0 Å². The molecule has 0 aromatic heterocycles. The van der Waals surface area contributed by atoms with E-state index in [0.29, 0.717) is 18.0 Å². The number of para-hydroxylation sites is 1. The van der Waals surface area contributed by atoms with Gasteiger partial charge in [0, 0.05) is 5.69 Å². The highest BCUT2D eigenvalue weighted by molar-refractivity contribution is 7.99. The van der Waals surface area contributed by atoms with Crippen LogP contribution in [0.5, 0.6) is 11.5 Å². The first kappa shape index (κ1) is 23.4. The van der Waals surface area contributed by atoms with E-state index in [9.17, 15) is 9.59 Å². The maximum atomic E-state index is 12.8. The Kier molecular flexibility index (Phi) is 9.16. The van der Waals surface area contributed by atoms with Crippen LogP contribution >= 0.6 is 11.8 Å². The van der Waals surface area contributed by atoms with Gasteiger partial charge in [-0.1, -0.05) is 48.5 Å². The fourth-order valence-electron chi connectivity index (χ4n) is 2.88. The molecule has 1 unspecified atom stereocenters. The van der Waals surface area contributed by atoms with Crippen LogP contribution in [0.3, 0.4) is 0 Å². The van der Waals surface area contributed by atoms with Crippen molar-refractivity contribution < 1.29 is 19.1 Å². The molecule has 0 radical (unpaired) electrons. The zero-order valence-corrected chi connectivity index (χ0v) is 18.6. The maximum Gasteiger partial charge on any atom is 0.249 e. The molecule has 32 heavy (non-hydrogen) atoms. The number of carbonyl (C=O) groups excluding carboxylic acids is 2. The summed E-state index contributed by atoms with van der Waals surface area (Å²) in [5.41, 5.74) is 1.60. The lowest BCUT2D eigenvalue weighted by Crippen LogP contribution is -2.47. The number of hydrogen-bond donors (Lipinski definition) is 2. The quantitative estimate of drug-likeness (QED) is 0.450. The number of thioether (sulfide) groups is 1. The van der Waals surface area contributed by atoms with Gasteiger partial charge in [0.1, 0.15) is 17.5 Å². The molecule has 0 spiro atoms. The minimum Gasteiger partial charge on any atom is -0.457 e. The molecule has 166 valence electrons. The predicted octanol–water partition coefficient (Wildman–Crippen LogP) is 4.48. The third kappa shape index (κ3) is 7.76. The molecule has 0 heterocycles. The van der Waals surface area contributed by atoms with E-state index in [4.69, 9.17) is 9.47 Å². The molecule has 7 heteroatoms. The highest BCUT2D eigenvalue weighted by Crippen LogP contribution is 2.22. The summed E-state index contributed by atoms with van der Waals surface area (Å²) in [7, 11) is 0. The minimum absolute atomic E-state index is 0.0655. The van der Waals surface area contributed by atoms with Gasteiger partial charge in [-0.3, -0.25) is 9.59 Å². The van der Waals surface area contributed by atoms with E-state index < -0.39 is 6.04 Å². The van der Waals surface area contributed by atoms with Crippen molar-refractivity contribution in [3.05, 3.63) is 90.5 Å². The Morgan fingerprint density at radius 2 is 1.50 bits per heavy atom. The summed E-state index contributed by atoms with van der Waals surface area (Å²) in [6.07, 6.45) is 1.83. The van der Waals surface area contributed by atoms with E-state index >= 15 is 0 Å². The highest BCUT2D eigenvalue weighted by Gasteiger charge is 2.21. The van der Waals surface area contributed by atoms with Crippen molar-refractivity contribution in [2.45, 2.75) is 12.6 Å². The number of benzene rings is 3. The van der Waals surface area contributed by atoms with Crippen molar-refractivity contribution in [3.63, 3.8) is 0 Å². The first-order valence-corrected chi connectivity index (χ1v) is 11.6. The summed E-state index contributed by atoms with van der Waals surface area (Å²) < 4.78 is 11.5. The Balaban J connectivity index is 1.58. The normalized spacial score (nSPS) is 11.4. The fourth-order valence-corrected chi connectivity index (χ4v) is 3.22. The lowest BCUT2D eigenvalue weighted by Gasteiger charge is -2.19. The molecular formula is C25H26N2O4S. The lowest BCUT2D eigenvalue weighted by molar-refractivity contribution is -0.126. The van der Waals surface area contributed by atoms with Gasteiger partial charge < -0.3 is 20.1 Å². The first-order chi connectivity index (χ1) is 15.6. The third-order valence-corrected chi connectivity index (χ3v) is 4.97. The number of carbonyl (C=O) groups is 2. The zero-order valence-electron chi connectivity index (χ0n) is 17.8. The molecule has 0 fully saturated rings. The average molecular weight is 451 g/mol. The van der Waals surface area contributed by atoms with E-state index in [2.05, 4.69) is 10.6 Å². The van der Waals surface area contributed by atoms with Gasteiger partial charge in [-0.15, -0.1) is 0 Å². The molecule has 2 amide bonds. The van der Waals surface area contributed by atoms with Crippen molar-refractivity contribution in [1.82, 2.24) is 5.32 Å². The van der Waals surface area contributed by atoms with Crippen molar-refractivity contribution in [3.8, 4) is 11.5 Å². The van der Waals surface area contributed by atoms with Crippen LogP contribution in [0.25, 0.3) is 0 Å².